The molecule has 1 aliphatic heterocycles. The third-order valence-corrected chi connectivity index (χ3v) is 3.07. The SMILES string of the molecule is OCCCSC1CCNC1. The van der Waals surface area contributed by atoms with E-state index >= 15 is 0 Å². The summed E-state index contributed by atoms with van der Waals surface area (Å²) in [5, 5.41) is 12.6. The summed E-state index contributed by atoms with van der Waals surface area (Å²) in [5.41, 5.74) is 0. The van der Waals surface area contributed by atoms with Crippen molar-refractivity contribution in [2.75, 3.05) is 25.4 Å². The Labute approximate surface area is 66.4 Å². The van der Waals surface area contributed by atoms with Gasteiger partial charge in [-0.1, -0.05) is 0 Å². The van der Waals surface area contributed by atoms with Crippen LogP contribution in [-0.2, 0) is 0 Å². The molecule has 2 N–H and O–H groups in total. The van der Waals surface area contributed by atoms with E-state index in [1.807, 2.05) is 11.8 Å². The van der Waals surface area contributed by atoms with Crippen molar-refractivity contribution in [3.05, 3.63) is 0 Å². The highest BCUT2D eigenvalue weighted by Crippen LogP contribution is 2.17. The van der Waals surface area contributed by atoms with Gasteiger partial charge in [0.25, 0.3) is 0 Å². The Bertz CT molecular complexity index is 83.7. The monoisotopic (exact) mass is 161 g/mol. The van der Waals surface area contributed by atoms with Crippen LogP contribution in [0.5, 0.6) is 0 Å². The summed E-state index contributed by atoms with van der Waals surface area (Å²) in [4.78, 5) is 0. The Balaban J connectivity index is 1.91. The normalized spacial score (nSPS) is 25.5. The number of hydrogen-bond donors (Lipinski definition) is 2. The summed E-state index contributed by atoms with van der Waals surface area (Å²) in [6.45, 7) is 2.68. The van der Waals surface area contributed by atoms with Gasteiger partial charge in [0.2, 0.25) is 0 Å². The molecule has 1 unspecified atom stereocenters. The molecule has 1 fully saturated rings. The molecule has 1 heterocycles. The summed E-state index contributed by atoms with van der Waals surface area (Å²) >= 11 is 1.99. The van der Waals surface area contributed by atoms with Crippen molar-refractivity contribution < 1.29 is 5.11 Å². The average molecular weight is 161 g/mol. The lowest BCUT2D eigenvalue weighted by molar-refractivity contribution is 0.296. The highest BCUT2D eigenvalue weighted by molar-refractivity contribution is 7.99. The summed E-state index contributed by atoms with van der Waals surface area (Å²) in [7, 11) is 0. The van der Waals surface area contributed by atoms with Crippen molar-refractivity contribution in [3.8, 4) is 0 Å². The smallest absolute Gasteiger partial charge is 0.0438 e. The fourth-order valence-electron chi connectivity index (χ4n) is 1.08. The predicted octanol–water partition coefficient (Wildman–Crippen LogP) is 0.464. The van der Waals surface area contributed by atoms with Gasteiger partial charge in [0.15, 0.2) is 0 Å². The topological polar surface area (TPSA) is 32.3 Å². The van der Waals surface area contributed by atoms with Crippen LogP contribution >= 0.6 is 11.8 Å². The van der Waals surface area contributed by atoms with E-state index in [0.29, 0.717) is 6.61 Å². The summed E-state index contributed by atoms with van der Waals surface area (Å²) < 4.78 is 0. The quantitative estimate of drug-likeness (QED) is 0.588. The molecule has 0 amide bonds. The number of thioether (sulfide) groups is 1. The van der Waals surface area contributed by atoms with Crippen LogP contribution in [0.1, 0.15) is 12.8 Å². The van der Waals surface area contributed by atoms with Gasteiger partial charge in [-0.3, -0.25) is 0 Å². The lowest BCUT2D eigenvalue weighted by atomic mass is 10.4. The molecule has 1 aliphatic rings. The summed E-state index contributed by atoms with van der Waals surface area (Å²) in [6.07, 6.45) is 2.25. The van der Waals surface area contributed by atoms with Gasteiger partial charge in [-0.15, -0.1) is 0 Å². The maximum absolute atomic E-state index is 8.51. The Morgan fingerprint density at radius 1 is 1.60 bits per heavy atom. The van der Waals surface area contributed by atoms with Crippen LogP contribution in [0.4, 0.5) is 0 Å². The van der Waals surface area contributed by atoms with E-state index in [1.165, 1.54) is 13.0 Å². The number of hydrogen-bond acceptors (Lipinski definition) is 3. The zero-order valence-electron chi connectivity index (χ0n) is 6.18. The van der Waals surface area contributed by atoms with Crippen molar-refractivity contribution in [1.82, 2.24) is 5.32 Å². The average Bonchev–Trinajstić information content (AvgIpc) is 2.41. The Kier molecular flexibility index (Phi) is 4.18. The molecule has 0 bridgehead atoms. The first kappa shape index (κ1) is 8.37. The van der Waals surface area contributed by atoms with Crippen LogP contribution in [0.2, 0.25) is 0 Å². The zero-order valence-corrected chi connectivity index (χ0v) is 6.99. The van der Waals surface area contributed by atoms with Crippen LogP contribution in [-0.4, -0.2) is 35.8 Å². The summed E-state index contributed by atoms with van der Waals surface area (Å²) in [6, 6.07) is 0. The first-order valence-electron chi connectivity index (χ1n) is 3.86. The van der Waals surface area contributed by atoms with Crippen molar-refractivity contribution in [1.29, 1.82) is 0 Å². The van der Waals surface area contributed by atoms with Gasteiger partial charge in [-0.05, 0) is 25.1 Å². The number of nitrogens with one attached hydrogen (secondary N) is 1. The maximum Gasteiger partial charge on any atom is 0.0438 e. The van der Waals surface area contributed by atoms with Gasteiger partial charge < -0.3 is 10.4 Å². The molecule has 0 aliphatic carbocycles. The van der Waals surface area contributed by atoms with Crippen molar-refractivity contribution in [2.24, 2.45) is 0 Å². The molecule has 0 spiro atoms. The Hall–Kier alpha value is 0.270. The predicted molar refractivity (Wildman–Crippen MR) is 45.4 cm³/mol. The van der Waals surface area contributed by atoms with Gasteiger partial charge in [-0.25, -0.2) is 0 Å². The van der Waals surface area contributed by atoms with Crippen LogP contribution < -0.4 is 5.32 Å². The van der Waals surface area contributed by atoms with Crippen molar-refractivity contribution in [2.45, 2.75) is 18.1 Å². The van der Waals surface area contributed by atoms with E-state index < -0.39 is 0 Å². The van der Waals surface area contributed by atoms with Crippen LogP contribution in [0.3, 0.4) is 0 Å². The van der Waals surface area contributed by atoms with Gasteiger partial charge in [0.05, 0.1) is 0 Å². The van der Waals surface area contributed by atoms with E-state index in [0.717, 1.165) is 24.0 Å². The first-order valence-corrected chi connectivity index (χ1v) is 4.91. The lowest BCUT2D eigenvalue weighted by Gasteiger charge is -2.05. The van der Waals surface area contributed by atoms with Crippen LogP contribution in [0.25, 0.3) is 0 Å². The van der Waals surface area contributed by atoms with E-state index in [2.05, 4.69) is 5.32 Å². The van der Waals surface area contributed by atoms with E-state index in [4.69, 9.17) is 5.11 Å². The molecule has 10 heavy (non-hydrogen) atoms. The molecule has 1 atom stereocenters. The highest BCUT2D eigenvalue weighted by Gasteiger charge is 2.13. The largest absolute Gasteiger partial charge is 0.396 e. The van der Waals surface area contributed by atoms with E-state index in [1.54, 1.807) is 0 Å². The molecule has 0 saturated carbocycles. The third kappa shape index (κ3) is 2.90. The fraction of sp³-hybridized carbons (Fsp3) is 1.00. The minimum atomic E-state index is 0.340. The van der Waals surface area contributed by atoms with Gasteiger partial charge in [0, 0.05) is 18.4 Å². The molecule has 0 aromatic rings. The Morgan fingerprint density at radius 2 is 2.50 bits per heavy atom. The number of rotatable bonds is 4. The van der Waals surface area contributed by atoms with E-state index in [-0.39, 0.29) is 0 Å². The molecular weight excluding hydrogens is 146 g/mol. The minimum absolute atomic E-state index is 0.340. The van der Waals surface area contributed by atoms with Crippen LogP contribution in [0, 0.1) is 0 Å². The fourth-order valence-corrected chi connectivity index (χ4v) is 2.23. The molecule has 0 aromatic heterocycles. The number of aliphatic hydroxyl groups is 1. The second-order valence-electron chi connectivity index (χ2n) is 2.56. The molecular formula is C7H15NOS. The van der Waals surface area contributed by atoms with Gasteiger partial charge >= 0.3 is 0 Å². The third-order valence-electron chi connectivity index (χ3n) is 1.67. The highest BCUT2D eigenvalue weighted by atomic mass is 32.2. The zero-order chi connectivity index (χ0) is 7.23. The molecule has 0 aromatic carbocycles. The Morgan fingerprint density at radius 3 is 3.10 bits per heavy atom. The maximum atomic E-state index is 8.51. The molecule has 2 nitrogen and oxygen atoms in total. The van der Waals surface area contributed by atoms with E-state index in [9.17, 15) is 0 Å². The number of aliphatic hydroxyl groups excluding tert-OH is 1. The molecule has 60 valence electrons. The standard InChI is InChI=1S/C7H15NOS/c9-4-1-5-10-7-2-3-8-6-7/h7-9H,1-6H2. The first-order chi connectivity index (χ1) is 4.93. The molecule has 1 rings (SSSR count). The second-order valence-corrected chi connectivity index (χ2v) is 3.97. The lowest BCUT2D eigenvalue weighted by Crippen LogP contribution is -2.10. The molecule has 3 heteroatoms. The van der Waals surface area contributed by atoms with Crippen molar-refractivity contribution >= 4 is 11.8 Å². The second kappa shape index (κ2) is 4.99. The molecule has 1 saturated heterocycles. The summed E-state index contributed by atoms with van der Waals surface area (Å²) in [5.74, 6) is 1.11. The van der Waals surface area contributed by atoms with Gasteiger partial charge in [-0.2, -0.15) is 11.8 Å². The van der Waals surface area contributed by atoms with Crippen LogP contribution in [0.15, 0.2) is 0 Å². The van der Waals surface area contributed by atoms with Gasteiger partial charge in [0.1, 0.15) is 0 Å². The van der Waals surface area contributed by atoms with Crippen molar-refractivity contribution in [3.63, 3.8) is 0 Å². The minimum Gasteiger partial charge on any atom is -0.396 e. The molecule has 0 radical (unpaired) electrons.